The average molecular weight is 439 g/mol. The summed E-state index contributed by atoms with van der Waals surface area (Å²) in [6.45, 7) is -0.355. The van der Waals surface area contributed by atoms with Crippen molar-refractivity contribution in [3.05, 3.63) is 35.9 Å². The molecule has 0 radical (unpaired) electrons. The summed E-state index contributed by atoms with van der Waals surface area (Å²) in [5.41, 5.74) is 11.2. The number of carboxylic acid groups (broad SMARTS) is 1. The van der Waals surface area contributed by atoms with Gasteiger partial charge in [0.2, 0.25) is 23.6 Å². The summed E-state index contributed by atoms with van der Waals surface area (Å²) in [6.07, 6.45) is -0.475. The van der Waals surface area contributed by atoms with Crippen molar-refractivity contribution in [3.8, 4) is 0 Å². The first kappa shape index (κ1) is 24.9. The minimum atomic E-state index is -1.44. The van der Waals surface area contributed by atoms with E-state index in [9.17, 15) is 24.0 Å². The predicted octanol–water partition coefficient (Wildman–Crippen LogP) is -2.47. The lowest BCUT2D eigenvalue weighted by Crippen LogP contribution is -2.57. The first-order valence-corrected chi connectivity index (χ1v) is 9.57. The molecule has 0 bridgehead atoms. The highest BCUT2D eigenvalue weighted by molar-refractivity contribution is 7.80. The fourth-order valence-electron chi connectivity index (χ4n) is 2.45. The zero-order valence-corrected chi connectivity index (χ0v) is 16.9. The van der Waals surface area contributed by atoms with Gasteiger partial charge in [-0.3, -0.25) is 19.2 Å². The minimum Gasteiger partial charge on any atom is -0.480 e. The van der Waals surface area contributed by atoms with E-state index in [-0.39, 0.29) is 18.7 Å². The van der Waals surface area contributed by atoms with Crippen molar-refractivity contribution in [1.29, 1.82) is 0 Å². The zero-order chi connectivity index (χ0) is 22.7. The molecule has 164 valence electrons. The van der Waals surface area contributed by atoms with E-state index < -0.39 is 54.1 Å². The van der Waals surface area contributed by atoms with E-state index in [4.69, 9.17) is 16.6 Å². The summed E-state index contributed by atoms with van der Waals surface area (Å²) in [5.74, 6) is -4.71. The van der Waals surface area contributed by atoms with Crippen molar-refractivity contribution in [3.63, 3.8) is 0 Å². The van der Waals surface area contributed by atoms with Crippen LogP contribution in [-0.4, -0.2) is 65.1 Å². The summed E-state index contributed by atoms with van der Waals surface area (Å²) in [7, 11) is 0. The van der Waals surface area contributed by atoms with Gasteiger partial charge in [-0.15, -0.1) is 0 Å². The molecule has 0 aromatic heterocycles. The number of primary amides is 1. The number of benzene rings is 1. The Kier molecular flexibility index (Phi) is 10.3. The highest BCUT2D eigenvalue weighted by Gasteiger charge is 2.30. The highest BCUT2D eigenvalue weighted by atomic mass is 32.1. The maximum Gasteiger partial charge on any atom is 0.327 e. The zero-order valence-electron chi connectivity index (χ0n) is 16.0. The molecule has 0 saturated heterocycles. The van der Waals surface area contributed by atoms with Crippen LogP contribution in [0.5, 0.6) is 0 Å². The Labute approximate surface area is 178 Å². The first-order chi connectivity index (χ1) is 14.2. The monoisotopic (exact) mass is 439 g/mol. The molecule has 3 atom stereocenters. The number of amides is 4. The Balaban J connectivity index is 2.99. The van der Waals surface area contributed by atoms with Crippen molar-refractivity contribution in [2.75, 3.05) is 12.3 Å². The fraction of sp³-hybridized carbons (Fsp3) is 0.389. The normalized spacial score (nSPS) is 13.4. The van der Waals surface area contributed by atoms with E-state index >= 15 is 0 Å². The van der Waals surface area contributed by atoms with Crippen LogP contribution in [0.25, 0.3) is 0 Å². The number of carbonyl (C=O) groups is 5. The Morgan fingerprint density at radius 1 is 0.933 bits per heavy atom. The van der Waals surface area contributed by atoms with Crippen molar-refractivity contribution in [2.24, 2.45) is 11.5 Å². The van der Waals surface area contributed by atoms with Crippen LogP contribution < -0.4 is 27.4 Å². The van der Waals surface area contributed by atoms with Gasteiger partial charge in [-0.1, -0.05) is 30.3 Å². The van der Waals surface area contributed by atoms with Crippen LogP contribution in [-0.2, 0) is 30.4 Å². The SMILES string of the molecule is NCC(=O)NC(Cc1ccccc1)C(=O)NC(CC(N)=O)C(=O)NC(CS)C(=O)O. The molecule has 12 heteroatoms. The van der Waals surface area contributed by atoms with Gasteiger partial charge >= 0.3 is 5.97 Å². The molecule has 0 aliphatic heterocycles. The number of carboxylic acids is 1. The number of thiol groups is 1. The van der Waals surface area contributed by atoms with Gasteiger partial charge in [0.15, 0.2) is 0 Å². The number of hydrogen-bond donors (Lipinski definition) is 7. The van der Waals surface area contributed by atoms with Gasteiger partial charge < -0.3 is 32.5 Å². The molecule has 30 heavy (non-hydrogen) atoms. The van der Waals surface area contributed by atoms with Crippen LogP contribution in [0.3, 0.4) is 0 Å². The fourth-order valence-corrected chi connectivity index (χ4v) is 2.70. The number of aliphatic carboxylic acids is 1. The number of nitrogens with one attached hydrogen (secondary N) is 3. The summed E-state index contributed by atoms with van der Waals surface area (Å²) in [5, 5.41) is 16.0. The molecule has 0 fully saturated rings. The Morgan fingerprint density at radius 3 is 2.00 bits per heavy atom. The summed E-state index contributed by atoms with van der Waals surface area (Å²) < 4.78 is 0. The molecule has 0 saturated carbocycles. The van der Waals surface area contributed by atoms with Crippen molar-refractivity contribution < 1.29 is 29.1 Å². The molecule has 1 aromatic carbocycles. The summed E-state index contributed by atoms with van der Waals surface area (Å²) >= 11 is 3.84. The molecule has 1 aromatic rings. The third-order valence-corrected chi connectivity index (χ3v) is 4.32. The number of nitrogens with two attached hydrogens (primary N) is 2. The maximum absolute atomic E-state index is 12.8. The molecule has 0 spiro atoms. The molecule has 4 amide bonds. The van der Waals surface area contributed by atoms with E-state index in [2.05, 4.69) is 28.6 Å². The molecule has 11 nitrogen and oxygen atoms in total. The number of carbonyl (C=O) groups excluding carboxylic acids is 4. The lowest BCUT2D eigenvalue weighted by atomic mass is 10.0. The maximum atomic E-state index is 12.8. The second kappa shape index (κ2) is 12.4. The van der Waals surface area contributed by atoms with E-state index in [0.29, 0.717) is 0 Å². The van der Waals surface area contributed by atoms with Crippen LogP contribution in [0.4, 0.5) is 0 Å². The molecule has 0 aliphatic rings. The molecule has 1 rings (SSSR count). The van der Waals surface area contributed by atoms with E-state index in [0.717, 1.165) is 5.56 Å². The quantitative estimate of drug-likeness (QED) is 0.175. The van der Waals surface area contributed by atoms with Crippen LogP contribution in [0.15, 0.2) is 30.3 Å². The van der Waals surface area contributed by atoms with Gasteiger partial charge in [0, 0.05) is 12.2 Å². The Hall–Kier alpha value is -3.12. The second-order valence-electron chi connectivity index (χ2n) is 6.33. The minimum absolute atomic E-state index is 0.0950. The van der Waals surface area contributed by atoms with Gasteiger partial charge in [-0.2, -0.15) is 12.6 Å². The van der Waals surface area contributed by atoms with E-state index in [1.165, 1.54) is 0 Å². The molecule has 0 heterocycles. The Morgan fingerprint density at radius 2 is 1.50 bits per heavy atom. The topological polar surface area (TPSA) is 194 Å². The largest absolute Gasteiger partial charge is 0.480 e. The number of rotatable bonds is 12. The van der Waals surface area contributed by atoms with Gasteiger partial charge in [0.05, 0.1) is 13.0 Å². The Bertz CT molecular complexity index is 776. The first-order valence-electron chi connectivity index (χ1n) is 8.94. The summed E-state index contributed by atoms with van der Waals surface area (Å²) in [4.78, 5) is 59.3. The van der Waals surface area contributed by atoms with Crippen LogP contribution in [0.2, 0.25) is 0 Å². The predicted molar refractivity (Wildman–Crippen MR) is 110 cm³/mol. The van der Waals surface area contributed by atoms with Crippen molar-refractivity contribution in [2.45, 2.75) is 31.0 Å². The van der Waals surface area contributed by atoms with E-state index in [1.54, 1.807) is 30.3 Å². The molecule has 8 N–H and O–H groups in total. The smallest absolute Gasteiger partial charge is 0.327 e. The average Bonchev–Trinajstić information content (AvgIpc) is 2.70. The molecular weight excluding hydrogens is 414 g/mol. The highest BCUT2D eigenvalue weighted by Crippen LogP contribution is 2.05. The number of hydrogen-bond acceptors (Lipinski definition) is 7. The van der Waals surface area contributed by atoms with Gasteiger partial charge in [-0.25, -0.2) is 4.79 Å². The van der Waals surface area contributed by atoms with Crippen LogP contribution in [0.1, 0.15) is 12.0 Å². The third-order valence-electron chi connectivity index (χ3n) is 3.96. The van der Waals surface area contributed by atoms with Crippen molar-refractivity contribution in [1.82, 2.24) is 16.0 Å². The van der Waals surface area contributed by atoms with Gasteiger partial charge in [-0.05, 0) is 5.56 Å². The lowest BCUT2D eigenvalue weighted by Gasteiger charge is -2.23. The standard InChI is InChI=1S/C18H25N5O6S/c19-8-15(25)21-11(6-10-4-2-1-3-5-10)16(26)22-12(7-14(20)24)17(27)23-13(9-30)18(28)29/h1-5,11-13,30H,6-9,19H2,(H2,20,24)(H,21,25)(H,22,26)(H,23,27)(H,28,29). The molecular formula is C18H25N5O6S. The third kappa shape index (κ3) is 8.49. The van der Waals surface area contributed by atoms with Gasteiger partial charge in [0.1, 0.15) is 18.1 Å². The molecule has 3 unspecified atom stereocenters. The van der Waals surface area contributed by atoms with E-state index in [1.807, 2.05) is 0 Å². The van der Waals surface area contributed by atoms with Crippen LogP contribution >= 0.6 is 12.6 Å². The van der Waals surface area contributed by atoms with Gasteiger partial charge in [0.25, 0.3) is 0 Å². The lowest BCUT2D eigenvalue weighted by molar-refractivity contribution is -0.141. The van der Waals surface area contributed by atoms with Crippen LogP contribution in [0, 0.1) is 0 Å². The molecule has 0 aliphatic carbocycles. The second-order valence-corrected chi connectivity index (χ2v) is 6.69. The summed E-state index contributed by atoms with van der Waals surface area (Å²) in [6, 6.07) is 4.91. The van der Waals surface area contributed by atoms with Crippen molar-refractivity contribution >= 4 is 42.2 Å².